The van der Waals surface area contributed by atoms with Gasteiger partial charge in [-0.05, 0) is 46.6 Å². The third kappa shape index (κ3) is 3.31. The molecule has 0 spiro atoms. The van der Waals surface area contributed by atoms with E-state index in [1.54, 1.807) is 0 Å². The Morgan fingerprint density at radius 3 is 2.45 bits per heavy atom. The fraction of sp³-hybridized carbons (Fsp3) is 0.467. The van der Waals surface area contributed by atoms with E-state index in [-0.39, 0.29) is 11.5 Å². The minimum atomic E-state index is -0.936. The molecule has 0 saturated heterocycles. The summed E-state index contributed by atoms with van der Waals surface area (Å²) in [6, 6.07) is 7.95. The van der Waals surface area contributed by atoms with Crippen LogP contribution in [0.1, 0.15) is 32.8 Å². The number of carbonyl (C=O) groups is 1. The van der Waals surface area contributed by atoms with Crippen molar-refractivity contribution in [2.24, 2.45) is 10.4 Å². The van der Waals surface area contributed by atoms with E-state index >= 15 is 0 Å². The summed E-state index contributed by atoms with van der Waals surface area (Å²) in [5, 5.41) is 9.36. The molecule has 1 atom stereocenters. The molecule has 1 heterocycles. The van der Waals surface area contributed by atoms with Crippen LogP contribution in [0.4, 0.5) is 4.79 Å². The summed E-state index contributed by atoms with van der Waals surface area (Å²) in [7, 11) is 0. The lowest BCUT2D eigenvalue weighted by molar-refractivity contribution is 0.161. The predicted molar refractivity (Wildman–Crippen MR) is 88.3 cm³/mol. The molecule has 1 N–H and O–H groups in total. The molecule has 1 unspecified atom stereocenters. The van der Waals surface area contributed by atoms with E-state index in [9.17, 15) is 9.90 Å². The number of nitrogens with zero attached hydrogens (tertiary/aromatic N) is 2. The van der Waals surface area contributed by atoms with E-state index in [0.717, 1.165) is 15.6 Å². The van der Waals surface area contributed by atoms with Gasteiger partial charge in [-0.25, -0.2) is 4.79 Å². The first kappa shape index (κ1) is 15.3. The molecule has 0 bridgehead atoms. The second-order valence-corrected chi connectivity index (χ2v) is 7.31. The van der Waals surface area contributed by atoms with Gasteiger partial charge in [0.2, 0.25) is 0 Å². The fourth-order valence-electron chi connectivity index (χ4n) is 2.28. The van der Waals surface area contributed by atoms with Crippen molar-refractivity contribution in [1.29, 1.82) is 0 Å². The zero-order valence-electron chi connectivity index (χ0n) is 11.9. The largest absolute Gasteiger partial charge is 0.465 e. The van der Waals surface area contributed by atoms with E-state index in [1.165, 1.54) is 4.90 Å². The van der Waals surface area contributed by atoms with E-state index in [2.05, 4.69) is 43.4 Å². The summed E-state index contributed by atoms with van der Waals surface area (Å²) < 4.78 is 1.12. The topological polar surface area (TPSA) is 52.9 Å². The summed E-state index contributed by atoms with van der Waals surface area (Å²) in [6.45, 7) is 6.93. The number of hydrogen-bond donors (Lipinski definition) is 1. The maximum absolute atomic E-state index is 11.4. The first-order valence-corrected chi connectivity index (χ1v) is 7.71. The molecule has 108 valence electrons. The molecule has 0 aliphatic carbocycles. The molecular formula is C15H19IN2O2. The fourth-order valence-corrected chi connectivity index (χ4v) is 2.64. The second-order valence-electron chi connectivity index (χ2n) is 6.06. The van der Waals surface area contributed by atoms with Gasteiger partial charge >= 0.3 is 6.09 Å². The molecule has 1 aliphatic rings. The Balaban J connectivity index is 2.43. The normalized spacial score (nSPS) is 19.7. The number of rotatable bonds is 1. The molecule has 5 heteroatoms. The van der Waals surface area contributed by atoms with Crippen LogP contribution < -0.4 is 0 Å². The van der Waals surface area contributed by atoms with Gasteiger partial charge in [-0.15, -0.1) is 0 Å². The lowest BCUT2D eigenvalue weighted by Gasteiger charge is -2.35. The maximum atomic E-state index is 11.4. The Hall–Kier alpha value is -1.11. The van der Waals surface area contributed by atoms with Crippen LogP contribution in [0.25, 0.3) is 0 Å². The van der Waals surface area contributed by atoms with Crippen LogP contribution in [0.5, 0.6) is 0 Å². The van der Waals surface area contributed by atoms with Gasteiger partial charge in [0.1, 0.15) is 5.84 Å². The number of amides is 1. The average Bonchev–Trinajstić information content (AvgIpc) is 2.37. The molecule has 20 heavy (non-hydrogen) atoms. The maximum Gasteiger partial charge on any atom is 0.413 e. The van der Waals surface area contributed by atoms with E-state index < -0.39 is 6.09 Å². The zero-order valence-corrected chi connectivity index (χ0v) is 14.1. The van der Waals surface area contributed by atoms with Crippen molar-refractivity contribution < 1.29 is 9.90 Å². The van der Waals surface area contributed by atoms with Crippen LogP contribution in [0.3, 0.4) is 0 Å². The molecular weight excluding hydrogens is 367 g/mol. The van der Waals surface area contributed by atoms with Gasteiger partial charge in [0.25, 0.3) is 0 Å². The summed E-state index contributed by atoms with van der Waals surface area (Å²) in [5.41, 5.74) is 0.903. The van der Waals surface area contributed by atoms with Gasteiger partial charge in [-0.1, -0.05) is 32.9 Å². The lowest BCUT2D eigenvalue weighted by atomic mass is 9.84. The Labute approximate surface area is 133 Å². The standard InChI is InChI=1S/C15H19IN2O2/c1-15(2,3)12-8-9-18(14(19)20)13(17-12)10-4-6-11(16)7-5-10/h4-7,12H,8-9H2,1-3H3,(H,19,20). The van der Waals surface area contributed by atoms with Crippen LogP contribution in [-0.4, -0.2) is 34.5 Å². The van der Waals surface area contributed by atoms with E-state index in [4.69, 9.17) is 4.99 Å². The minimum Gasteiger partial charge on any atom is -0.465 e. The molecule has 1 aliphatic heterocycles. The Morgan fingerprint density at radius 2 is 1.95 bits per heavy atom. The summed E-state index contributed by atoms with van der Waals surface area (Å²) in [4.78, 5) is 17.5. The first-order chi connectivity index (χ1) is 9.29. The number of aliphatic imine (C=N–C) groups is 1. The van der Waals surface area contributed by atoms with Crippen molar-refractivity contribution in [1.82, 2.24) is 4.90 Å². The second kappa shape index (κ2) is 5.71. The summed E-state index contributed by atoms with van der Waals surface area (Å²) >= 11 is 2.23. The molecule has 1 aromatic rings. The van der Waals surface area contributed by atoms with Gasteiger partial charge in [0.15, 0.2) is 0 Å². The van der Waals surface area contributed by atoms with Crippen molar-refractivity contribution in [3.8, 4) is 0 Å². The molecule has 4 nitrogen and oxygen atoms in total. The minimum absolute atomic E-state index is 0.0407. The highest BCUT2D eigenvalue weighted by Crippen LogP contribution is 2.29. The van der Waals surface area contributed by atoms with Crippen molar-refractivity contribution in [2.45, 2.75) is 33.2 Å². The number of amidine groups is 1. The van der Waals surface area contributed by atoms with Crippen molar-refractivity contribution >= 4 is 34.5 Å². The molecule has 1 amide bonds. The SMILES string of the molecule is CC(C)(C)C1CCN(C(=O)O)C(c2ccc(I)cc2)=N1. The summed E-state index contributed by atoms with van der Waals surface area (Å²) in [5.74, 6) is 0.570. The Kier molecular flexibility index (Phi) is 4.36. The molecule has 0 saturated carbocycles. The van der Waals surface area contributed by atoms with Gasteiger partial charge in [0, 0.05) is 15.7 Å². The van der Waals surface area contributed by atoms with Gasteiger partial charge in [0.05, 0.1) is 6.04 Å². The molecule has 0 fully saturated rings. The van der Waals surface area contributed by atoms with Crippen molar-refractivity contribution in [3.05, 3.63) is 33.4 Å². The average molecular weight is 386 g/mol. The highest BCUT2D eigenvalue weighted by molar-refractivity contribution is 14.1. The number of benzene rings is 1. The van der Waals surface area contributed by atoms with Crippen LogP contribution in [0.2, 0.25) is 0 Å². The quantitative estimate of drug-likeness (QED) is 0.746. The molecule has 2 rings (SSSR count). The van der Waals surface area contributed by atoms with Crippen LogP contribution in [0, 0.1) is 8.99 Å². The Morgan fingerprint density at radius 1 is 1.35 bits per heavy atom. The Bertz CT molecular complexity index is 532. The van der Waals surface area contributed by atoms with Gasteiger partial charge in [-0.2, -0.15) is 0 Å². The smallest absolute Gasteiger partial charge is 0.413 e. The number of halogens is 1. The first-order valence-electron chi connectivity index (χ1n) is 6.63. The molecule has 0 aromatic heterocycles. The van der Waals surface area contributed by atoms with Crippen molar-refractivity contribution in [2.75, 3.05) is 6.54 Å². The zero-order chi connectivity index (χ0) is 14.9. The van der Waals surface area contributed by atoms with Gasteiger partial charge in [-0.3, -0.25) is 9.89 Å². The van der Waals surface area contributed by atoms with E-state index in [0.29, 0.717) is 12.4 Å². The predicted octanol–water partition coefficient (Wildman–Crippen LogP) is 3.84. The lowest BCUT2D eigenvalue weighted by Crippen LogP contribution is -2.45. The van der Waals surface area contributed by atoms with Crippen LogP contribution >= 0.6 is 22.6 Å². The third-order valence-corrected chi connectivity index (χ3v) is 4.21. The van der Waals surface area contributed by atoms with Gasteiger partial charge < -0.3 is 5.11 Å². The van der Waals surface area contributed by atoms with E-state index in [1.807, 2.05) is 24.3 Å². The molecule has 1 aromatic carbocycles. The number of carboxylic acid groups (broad SMARTS) is 1. The highest BCUT2D eigenvalue weighted by atomic mass is 127. The monoisotopic (exact) mass is 386 g/mol. The number of hydrogen-bond acceptors (Lipinski definition) is 2. The summed E-state index contributed by atoms with van der Waals surface area (Å²) in [6.07, 6.45) is -0.168. The van der Waals surface area contributed by atoms with Crippen LogP contribution in [-0.2, 0) is 0 Å². The third-order valence-electron chi connectivity index (χ3n) is 3.49. The van der Waals surface area contributed by atoms with Crippen molar-refractivity contribution in [3.63, 3.8) is 0 Å². The molecule has 0 radical (unpaired) electrons. The van der Waals surface area contributed by atoms with Crippen LogP contribution in [0.15, 0.2) is 29.3 Å². The highest BCUT2D eigenvalue weighted by Gasteiger charge is 2.32.